The van der Waals surface area contributed by atoms with Gasteiger partial charge in [-0.15, -0.1) is 0 Å². The van der Waals surface area contributed by atoms with E-state index in [1.54, 1.807) is 0 Å². The van der Waals surface area contributed by atoms with Gasteiger partial charge in [-0.2, -0.15) is 0 Å². The maximum Gasteiger partial charge on any atom is 0.180 e. The first kappa shape index (κ1) is 10.2. The number of nitrogens with zero attached hydrogens (tertiary/aromatic N) is 1. The highest BCUT2D eigenvalue weighted by Crippen LogP contribution is 2.37. The van der Waals surface area contributed by atoms with E-state index < -0.39 is 30.6 Å². The minimum Gasteiger partial charge on any atom is -0.394 e. The molecule has 100 valence electrons. The Hall–Kier alpha value is -0.640. The smallest absolute Gasteiger partial charge is 0.180 e. The van der Waals surface area contributed by atoms with Crippen molar-refractivity contribution in [2.75, 3.05) is 6.56 Å². The first-order chi connectivity index (χ1) is 9.46. The molecule has 0 aromatic carbocycles. The van der Waals surface area contributed by atoms with Crippen LogP contribution in [-0.4, -0.2) is 49.2 Å². The highest BCUT2D eigenvalue weighted by Gasteiger charge is 2.52. The first-order valence-electron chi connectivity index (χ1n) is 6.56. The number of aliphatic hydroxyl groups excluding tert-OH is 1. The predicted molar refractivity (Wildman–Crippen MR) is 68.1 cm³/mol. The average Bonchev–Trinajstić information content (AvgIpc) is 2.56. The van der Waals surface area contributed by atoms with Crippen molar-refractivity contribution >= 4 is 24.4 Å². The fourth-order valence-corrected chi connectivity index (χ4v) is 2.28. The predicted octanol–water partition coefficient (Wildman–Crippen LogP) is 0.277. The number of hydrogen-bond acceptors (Lipinski definition) is 6. The lowest BCUT2D eigenvalue weighted by molar-refractivity contribution is -0.0979. The molecule has 8 heteroatoms. The Morgan fingerprint density at radius 3 is 2.94 bits per heavy atom. The molecule has 2 rings (SSSR count). The van der Waals surface area contributed by atoms with Crippen molar-refractivity contribution in [2.24, 2.45) is 0 Å². The molecule has 1 saturated heterocycles. The Morgan fingerprint density at radius 1 is 1.72 bits per heavy atom. The molecule has 1 fully saturated rings. The van der Waals surface area contributed by atoms with E-state index in [2.05, 4.69) is 4.98 Å². The molecule has 1 aliphatic rings. The minimum absolute atomic E-state index is 0.0348. The number of hydrogen-bond donors (Lipinski definition) is 4. The monoisotopic (exact) mass is 293 g/mol. The van der Waals surface area contributed by atoms with Gasteiger partial charge in [-0.1, -0.05) is 12.2 Å². The van der Waals surface area contributed by atoms with Gasteiger partial charge in [0.15, 0.2) is 11.0 Å². The van der Waals surface area contributed by atoms with Crippen molar-refractivity contribution in [1.29, 1.82) is 0 Å². The van der Waals surface area contributed by atoms with E-state index in [0.717, 1.165) is 4.57 Å². The second-order valence-electron chi connectivity index (χ2n) is 4.15. The SMILES string of the molecule is [2H]c1cn([C@@H]2O[C@H](C([2H])([2H])O)[C@H](O)C2(C)O)c(=S)[nH]c1=S. The number of aliphatic hydroxyl groups is 3. The molecule has 18 heavy (non-hydrogen) atoms. The molecule has 2 heterocycles. The maximum atomic E-state index is 10.4. The summed E-state index contributed by atoms with van der Waals surface area (Å²) in [6, 6.07) is -0.0806. The van der Waals surface area contributed by atoms with Gasteiger partial charge in [0.25, 0.3) is 0 Å². The van der Waals surface area contributed by atoms with Crippen molar-refractivity contribution in [3.63, 3.8) is 0 Å². The Morgan fingerprint density at radius 2 is 2.39 bits per heavy atom. The summed E-state index contributed by atoms with van der Waals surface area (Å²) in [5.74, 6) is 0. The molecule has 1 unspecified atom stereocenters. The minimum atomic E-state index is -2.86. The summed E-state index contributed by atoms with van der Waals surface area (Å²) in [6.07, 6.45) is -3.44. The number of rotatable bonds is 2. The van der Waals surface area contributed by atoms with E-state index in [1.165, 1.54) is 13.1 Å². The summed E-state index contributed by atoms with van der Waals surface area (Å²) in [5.41, 5.74) is -1.93. The molecular formula is C10H14N2O4S2. The second kappa shape index (κ2) is 4.80. The zero-order chi connectivity index (χ0) is 16.2. The van der Waals surface area contributed by atoms with Gasteiger partial charge in [-0.25, -0.2) is 0 Å². The molecule has 0 aliphatic carbocycles. The van der Waals surface area contributed by atoms with E-state index >= 15 is 0 Å². The van der Waals surface area contributed by atoms with Gasteiger partial charge in [0.1, 0.15) is 22.4 Å². The zero-order valence-corrected chi connectivity index (χ0v) is 11.0. The Balaban J connectivity index is 2.53. The Labute approximate surface area is 118 Å². The van der Waals surface area contributed by atoms with Crippen LogP contribution in [0.15, 0.2) is 12.2 Å². The number of aromatic nitrogens is 2. The molecule has 6 nitrogen and oxygen atoms in total. The Bertz CT molecular complexity index is 669. The highest BCUT2D eigenvalue weighted by molar-refractivity contribution is 7.72. The maximum absolute atomic E-state index is 10.4. The molecule has 0 radical (unpaired) electrons. The quantitative estimate of drug-likeness (QED) is 0.586. The van der Waals surface area contributed by atoms with Gasteiger partial charge in [-0.05, 0) is 25.2 Å². The van der Waals surface area contributed by atoms with Crippen LogP contribution in [0.25, 0.3) is 0 Å². The van der Waals surface area contributed by atoms with Crippen LogP contribution >= 0.6 is 24.4 Å². The second-order valence-corrected chi connectivity index (χ2v) is 4.94. The van der Waals surface area contributed by atoms with Gasteiger partial charge in [0, 0.05) is 6.20 Å². The van der Waals surface area contributed by atoms with Crippen molar-refractivity contribution in [3.05, 3.63) is 21.7 Å². The van der Waals surface area contributed by atoms with Gasteiger partial charge < -0.3 is 25.0 Å². The third-order valence-corrected chi connectivity index (χ3v) is 3.36. The number of nitrogens with one attached hydrogen (secondary N) is 1. The van der Waals surface area contributed by atoms with Gasteiger partial charge >= 0.3 is 0 Å². The molecule has 0 saturated carbocycles. The third-order valence-electron chi connectivity index (χ3n) is 2.83. The molecule has 1 aromatic heterocycles. The fourth-order valence-electron chi connectivity index (χ4n) is 1.81. The van der Waals surface area contributed by atoms with E-state index in [-0.39, 0.29) is 15.5 Å². The van der Waals surface area contributed by atoms with Crippen LogP contribution in [0.2, 0.25) is 0 Å². The third kappa shape index (κ3) is 2.15. The zero-order valence-electron chi connectivity index (χ0n) is 12.3. The topological polar surface area (TPSA) is 90.6 Å². The van der Waals surface area contributed by atoms with Crippen LogP contribution in [0.3, 0.4) is 0 Å². The molecule has 0 amide bonds. The van der Waals surface area contributed by atoms with Crippen LogP contribution in [-0.2, 0) is 4.74 Å². The summed E-state index contributed by atoms with van der Waals surface area (Å²) < 4.78 is 28.7. The van der Waals surface area contributed by atoms with E-state index in [1.807, 2.05) is 0 Å². The van der Waals surface area contributed by atoms with Crippen LogP contribution < -0.4 is 0 Å². The summed E-state index contributed by atoms with van der Waals surface area (Å²) in [7, 11) is 0. The van der Waals surface area contributed by atoms with Crippen molar-refractivity contribution in [2.45, 2.75) is 31.0 Å². The molecule has 0 bridgehead atoms. The molecule has 0 spiro atoms. The standard InChI is InChI=1S/C10H14N2O4S2/c1-10(15)7(14)5(4-13)16-8(10)12-3-2-6(17)11-9(12)18/h2-3,5,7-8,13-15H,4H2,1H3,(H,11,17,18)/t5-,7+,8-,10?/m1/s1/i2D,4D2. The summed E-state index contributed by atoms with van der Waals surface area (Å²) in [6.45, 7) is -1.63. The molecule has 4 atom stereocenters. The van der Waals surface area contributed by atoms with Crippen LogP contribution in [0.4, 0.5) is 0 Å². The molecular weight excluding hydrogens is 276 g/mol. The summed E-state index contributed by atoms with van der Waals surface area (Å²) >= 11 is 9.90. The lowest BCUT2D eigenvalue weighted by Crippen LogP contribution is -2.44. The van der Waals surface area contributed by atoms with Crippen molar-refractivity contribution in [3.8, 4) is 0 Å². The van der Waals surface area contributed by atoms with Crippen LogP contribution in [0.5, 0.6) is 0 Å². The average molecular weight is 293 g/mol. The van der Waals surface area contributed by atoms with Crippen LogP contribution in [0, 0.1) is 9.41 Å². The van der Waals surface area contributed by atoms with E-state index in [0.29, 0.717) is 0 Å². The first-order valence-corrected chi connectivity index (χ1v) is 5.88. The van der Waals surface area contributed by atoms with Gasteiger partial charge in [-0.3, -0.25) is 4.57 Å². The number of aromatic amines is 1. The van der Waals surface area contributed by atoms with E-state index in [4.69, 9.17) is 33.3 Å². The lowest BCUT2D eigenvalue weighted by Gasteiger charge is -2.28. The van der Waals surface area contributed by atoms with Crippen LogP contribution in [0.1, 0.15) is 17.3 Å². The Kier molecular flexibility index (Phi) is 2.72. The number of H-pyrrole nitrogens is 1. The molecule has 1 aliphatic heterocycles. The summed E-state index contributed by atoms with van der Waals surface area (Å²) in [4.78, 5) is 2.57. The lowest BCUT2D eigenvalue weighted by atomic mass is 9.96. The van der Waals surface area contributed by atoms with E-state index in [9.17, 15) is 15.3 Å². The highest BCUT2D eigenvalue weighted by atomic mass is 32.1. The van der Waals surface area contributed by atoms with Gasteiger partial charge in [0.05, 0.1) is 10.7 Å². The molecule has 4 N–H and O–H groups in total. The van der Waals surface area contributed by atoms with Crippen molar-refractivity contribution < 1.29 is 24.2 Å². The fraction of sp³-hybridized carbons (Fsp3) is 0.600. The van der Waals surface area contributed by atoms with Gasteiger partial charge in [0.2, 0.25) is 0 Å². The normalized spacial score (nSPS) is 39.1. The molecule has 1 aromatic rings. The van der Waals surface area contributed by atoms with Crippen molar-refractivity contribution in [1.82, 2.24) is 9.55 Å². The largest absolute Gasteiger partial charge is 0.394 e. The summed E-state index contributed by atoms with van der Waals surface area (Å²) in [5, 5.41) is 29.8. The number of ether oxygens (including phenoxy) is 1.